The standard InChI is InChI=1S/C11H19NO3S/c1-4-11(5-2,6-3)16(13,14)9-10-7-8-15-12-10/h7-8H,4-6,9H2,1-3H3. The van der Waals surface area contributed by atoms with Gasteiger partial charge in [0.1, 0.15) is 6.26 Å². The van der Waals surface area contributed by atoms with Crippen molar-refractivity contribution in [1.29, 1.82) is 0 Å². The van der Waals surface area contributed by atoms with Crippen molar-refractivity contribution >= 4 is 9.84 Å². The van der Waals surface area contributed by atoms with Crippen molar-refractivity contribution in [3.8, 4) is 0 Å². The minimum absolute atomic E-state index is 0.0288. The second-order valence-electron chi connectivity index (χ2n) is 3.99. The maximum atomic E-state index is 12.3. The Bertz CT molecular complexity index is 396. The van der Waals surface area contributed by atoms with Crippen LogP contribution in [-0.4, -0.2) is 18.3 Å². The topological polar surface area (TPSA) is 60.2 Å². The Morgan fingerprint density at radius 1 is 1.25 bits per heavy atom. The lowest BCUT2D eigenvalue weighted by atomic mass is 9.99. The zero-order chi connectivity index (χ0) is 12.2. The van der Waals surface area contributed by atoms with Gasteiger partial charge >= 0.3 is 0 Å². The molecule has 16 heavy (non-hydrogen) atoms. The van der Waals surface area contributed by atoms with Gasteiger partial charge in [0.25, 0.3) is 0 Å². The SMILES string of the molecule is CCC(CC)(CC)S(=O)(=O)Cc1ccon1. The predicted molar refractivity (Wildman–Crippen MR) is 62.7 cm³/mol. The maximum absolute atomic E-state index is 12.3. The summed E-state index contributed by atoms with van der Waals surface area (Å²) in [5.41, 5.74) is 0.486. The first kappa shape index (κ1) is 13.2. The minimum Gasteiger partial charge on any atom is -0.364 e. The van der Waals surface area contributed by atoms with Gasteiger partial charge in [-0.25, -0.2) is 8.42 Å². The van der Waals surface area contributed by atoms with E-state index in [0.29, 0.717) is 25.0 Å². The third-order valence-electron chi connectivity index (χ3n) is 3.42. The van der Waals surface area contributed by atoms with Crippen LogP contribution in [-0.2, 0) is 15.6 Å². The molecule has 0 aliphatic rings. The first-order chi connectivity index (χ1) is 7.51. The van der Waals surface area contributed by atoms with E-state index in [1.807, 2.05) is 20.8 Å². The zero-order valence-corrected chi connectivity index (χ0v) is 10.9. The van der Waals surface area contributed by atoms with Crippen LogP contribution in [0.3, 0.4) is 0 Å². The molecular formula is C11H19NO3S. The molecule has 0 amide bonds. The van der Waals surface area contributed by atoms with Crippen LogP contribution >= 0.6 is 0 Å². The molecule has 1 aromatic rings. The van der Waals surface area contributed by atoms with Gasteiger partial charge in [0, 0.05) is 6.07 Å². The van der Waals surface area contributed by atoms with E-state index in [2.05, 4.69) is 9.68 Å². The highest BCUT2D eigenvalue weighted by atomic mass is 32.2. The quantitative estimate of drug-likeness (QED) is 0.772. The molecule has 0 aromatic carbocycles. The van der Waals surface area contributed by atoms with Crippen molar-refractivity contribution in [2.45, 2.75) is 50.5 Å². The van der Waals surface area contributed by atoms with Gasteiger partial charge in [0.2, 0.25) is 0 Å². The molecule has 0 radical (unpaired) electrons. The second kappa shape index (κ2) is 4.99. The highest BCUT2D eigenvalue weighted by Gasteiger charge is 2.39. The average molecular weight is 245 g/mol. The Labute approximate surface area is 96.9 Å². The summed E-state index contributed by atoms with van der Waals surface area (Å²) in [7, 11) is -3.18. The maximum Gasteiger partial charge on any atom is 0.161 e. The fraction of sp³-hybridized carbons (Fsp3) is 0.727. The van der Waals surface area contributed by atoms with Gasteiger partial charge in [-0.15, -0.1) is 0 Å². The Balaban J connectivity index is 3.00. The Kier molecular flexibility index (Phi) is 4.13. The fourth-order valence-corrected chi connectivity index (χ4v) is 4.23. The molecule has 0 spiro atoms. The van der Waals surface area contributed by atoms with Crippen molar-refractivity contribution in [2.24, 2.45) is 0 Å². The molecule has 0 unspecified atom stereocenters. The van der Waals surface area contributed by atoms with Crippen LogP contribution < -0.4 is 0 Å². The van der Waals surface area contributed by atoms with Gasteiger partial charge in [-0.05, 0) is 19.3 Å². The van der Waals surface area contributed by atoms with Crippen molar-refractivity contribution in [3.63, 3.8) is 0 Å². The van der Waals surface area contributed by atoms with Gasteiger partial charge in [-0.3, -0.25) is 0 Å². The summed E-state index contributed by atoms with van der Waals surface area (Å²) < 4.78 is 28.7. The first-order valence-corrected chi connectivity index (χ1v) is 7.28. The summed E-state index contributed by atoms with van der Waals surface area (Å²) >= 11 is 0. The van der Waals surface area contributed by atoms with Crippen molar-refractivity contribution in [1.82, 2.24) is 5.16 Å². The third kappa shape index (κ3) is 2.29. The number of nitrogens with zero attached hydrogens (tertiary/aromatic N) is 1. The van der Waals surface area contributed by atoms with Gasteiger partial charge < -0.3 is 4.52 Å². The zero-order valence-electron chi connectivity index (χ0n) is 10.1. The number of sulfone groups is 1. The molecule has 0 bridgehead atoms. The van der Waals surface area contributed by atoms with Gasteiger partial charge in [0.05, 0.1) is 16.2 Å². The molecule has 5 heteroatoms. The lowest BCUT2D eigenvalue weighted by Crippen LogP contribution is -2.37. The molecule has 1 rings (SSSR count). The molecule has 92 valence electrons. The van der Waals surface area contributed by atoms with Crippen molar-refractivity contribution in [2.75, 3.05) is 0 Å². The molecule has 1 heterocycles. The molecule has 0 saturated carbocycles. The van der Waals surface area contributed by atoms with Crippen LogP contribution in [0, 0.1) is 0 Å². The van der Waals surface area contributed by atoms with Crippen LogP contribution in [0.5, 0.6) is 0 Å². The summed E-state index contributed by atoms with van der Waals surface area (Å²) in [4.78, 5) is 0. The Morgan fingerprint density at radius 3 is 2.19 bits per heavy atom. The molecule has 0 aliphatic carbocycles. The monoisotopic (exact) mass is 245 g/mol. The van der Waals surface area contributed by atoms with Crippen LogP contribution in [0.4, 0.5) is 0 Å². The van der Waals surface area contributed by atoms with E-state index >= 15 is 0 Å². The summed E-state index contributed by atoms with van der Waals surface area (Å²) in [6, 6.07) is 1.60. The lowest BCUT2D eigenvalue weighted by Gasteiger charge is -2.29. The smallest absolute Gasteiger partial charge is 0.161 e. The molecule has 0 fully saturated rings. The van der Waals surface area contributed by atoms with Gasteiger partial charge in [-0.1, -0.05) is 25.9 Å². The first-order valence-electron chi connectivity index (χ1n) is 5.63. The summed E-state index contributed by atoms with van der Waals surface area (Å²) in [5.74, 6) is -0.0288. The summed E-state index contributed by atoms with van der Waals surface area (Å²) in [6.45, 7) is 5.77. The van der Waals surface area contributed by atoms with Crippen LogP contribution in [0.25, 0.3) is 0 Å². The molecular weight excluding hydrogens is 226 g/mol. The lowest BCUT2D eigenvalue weighted by molar-refractivity contribution is 0.412. The van der Waals surface area contributed by atoms with E-state index in [4.69, 9.17) is 0 Å². The van der Waals surface area contributed by atoms with Crippen LogP contribution in [0.1, 0.15) is 45.7 Å². The fourth-order valence-electron chi connectivity index (χ4n) is 2.07. The normalized spacial score (nSPS) is 12.9. The van der Waals surface area contributed by atoms with E-state index in [-0.39, 0.29) is 5.75 Å². The van der Waals surface area contributed by atoms with E-state index in [1.165, 1.54) is 6.26 Å². The Morgan fingerprint density at radius 2 is 1.81 bits per heavy atom. The molecule has 0 aliphatic heterocycles. The molecule has 0 atom stereocenters. The molecule has 4 nitrogen and oxygen atoms in total. The number of hydrogen-bond donors (Lipinski definition) is 0. The van der Waals surface area contributed by atoms with E-state index in [1.54, 1.807) is 6.07 Å². The minimum atomic E-state index is -3.18. The average Bonchev–Trinajstić information content (AvgIpc) is 2.72. The van der Waals surface area contributed by atoms with Crippen molar-refractivity contribution < 1.29 is 12.9 Å². The number of rotatable bonds is 6. The van der Waals surface area contributed by atoms with Crippen LogP contribution in [0.15, 0.2) is 16.9 Å². The predicted octanol–water partition coefficient (Wildman–Crippen LogP) is 2.56. The number of hydrogen-bond acceptors (Lipinski definition) is 4. The van der Waals surface area contributed by atoms with Gasteiger partial charge in [-0.2, -0.15) is 0 Å². The van der Waals surface area contributed by atoms with Gasteiger partial charge in [0.15, 0.2) is 9.84 Å². The number of aromatic nitrogens is 1. The Hall–Kier alpha value is -0.840. The molecule has 0 N–H and O–H groups in total. The second-order valence-corrected chi connectivity index (χ2v) is 6.38. The highest BCUT2D eigenvalue weighted by Crippen LogP contribution is 2.32. The van der Waals surface area contributed by atoms with Crippen LogP contribution in [0.2, 0.25) is 0 Å². The highest BCUT2D eigenvalue weighted by molar-refractivity contribution is 7.92. The van der Waals surface area contributed by atoms with E-state index in [9.17, 15) is 8.42 Å². The summed E-state index contributed by atoms with van der Waals surface area (Å²) in [6.07, 6.45) is 3.32. The van der Waals surface area contributed by atoms with E-state index < -0.39 is 14.6 Å². The van der Waals surface area contributed by atoms with E-state index in [0.717, 1.165) is 0 Å². The largest absolute Gasteiger partial charge is 0.364 e. The third-order valence-corrected chi connectivity index (χ3v) is 6.28. The summed E-state index contributed by atoms with van der Waals surface area (Å²) in [5, 5.41) is 3.66. The molecule has 0 saturated heterocycles. The molecule has 1 aromatic heterocycles. The van der Waals surface area contributed by atoms with Crippen molar-refractivity contribution in [3.05, 3.63) is 18.0 Å².